The first kappa shape index (κ1) is 12.6. The van der Waals surface area contributed by atoms with Crippen LogP contribution >= 0.6 is 0 Å². The molecular weight excluding hydrogens is 221 g/mol. The number of carbonyl (C=O) groups is 1. The molecule has 0 aliphatic rings. The molecule has 0 unspecified atom stereocenters. The zero-order valence-electron chi connectivity index (χ0n) is 8.88. The highest BCUT2D eigenvalue weighted by molar-refractivity contribution is 5.95. The number of hydrogen-bond donors (Lipinski definition) is 0. The first-order valence-electron chi connectivity index (χ1n) is 4.73. The van der Waals surface area contributed by atoms with E-state index in [-0.39, 0.29) is 12.3 Å². The van der Waals surface area contributed by atoms with Gasteiger partial charge < -0.3 is 0 Å². The maximum Gasteiger partial charge on any atom is 0.435 e. The lowest BCUT2D eigenvalue weighted by Crippen LogP contribution is -2.18. The summed E-state index contributed by atoms with van der Waals surface area (Å²) in [5.41, 5.74) is -1.80. The van der Waals surface area contributed by atoms with Crippen molar-refractivity contribution in [3.05, 3.63) is 23.8 Å². The van der Waals surface area contributed by atoms with Gasteiger partial charge in [0.15, 0.2) is 11.5 Å². The van der Waals surface area contributed by atoms with Crippen molar-refractivity contribution in [2.75, 3.05) is 0 Å². The number of ketones is 1. The summed E-state index contributed by atoms with van der Waals surface area (Å²) in [4.78, 5) is 18.2. The Balaban J connectivity index is 3.09. The summed E-state index contributed by atoms with van der Waals surface area (Å²) in [6, 6.07) is 0. The number of aromatic nitrogens is 2. The Bertz CT molecular complexity index is 388. The van der Waals surface area contributed by atoms with Crippen LogP contribution in [0.25, 0.3) is 0 Å². The average Bonchev–Trinajstić information content (AvgIpc) is 2.15. The number of nitrogens with zero attached hydrogens (tertiary/aromatic N) is 2. The second kappa shape index (κ2) is 4.59. The van der Waals surface area contributed by atoms with Crippen LogP contribution in [0.1, 0.15) is 36.5 Å². The van der Waals surface area contributed by atoms with Gasteiger partial charge >= 0.3 is 6.18 Å². The highest BCUT2D eigenvalue weighted by Gasteiger charge is 2.37. The molecule has 1 heterocycles. The summed E-state index contributed by atoms with van der Waals surface area (Å²) < 4.78 is 37.5. The minimum Gasteiger partial charge on any atom is -0.292 e. The molecule has 1 aromatic heterocycles. The van der Waals surface area contributed by atoms with E-state index < -0.39 is 23.3 Å². The van der Waals surface area contributed by atoms with Gasteiger partial charge in [0.1, 0.15) is 5.69 Å². The van der Waals surface area contributed by atoms with Crippen molar-refractivity contribution in [1.29, 1.82) is 0 Å². The van der Waals surface area contributed by atoms with Gasteiger partial charge in [-0.15, -0.1) is 0 Å². The Morgan fingerprint density at radius 1 is 1.31 bits per heavy atom. The van der Waals surface area contributed by atoms with E-state index >= 15 is 0 Å². The van der Waals surface area contributed by atoms with Crippen LogP contribution in [-0.4, -0.2) is 15.8 Å². The van der Waals surface area contributed by atoms with E-state index in [1.807, 2.05) is 0 Å². The first-order valence-corrected chi connectivity index (χ1v) is 4.73. The monoisotopic (exact) mass is 232 g/mol. The van der Waals surface area contributed by atoms with Crippen LogP contribution in [0.3, 0.4) is 0 Å². The number of rotatable bonds is 3. The molecule has 0 atom stereocenters. The molecule has 0 aliphatic heterocycles. The second-order valence-electron chi connectivity index (χ2n) is 3.77. The zero-order chi connectivity index (χ0) is 12.3. The molecular formula is C10H11F3N2O. The quantitative estimate of drug-likeness (QED) is 0.752. The Morgan fingerprint density at radius 3 is 2.38 bits per heavy atom. The van der Waals surface area contributed by atoms with Gasteiger partial charge in [0.25, 0.3) is 0 Å². The van der Waals surface area contributed by atoms with E-state index in [0.717, 1.165) is 12.4 Å². The molecule has 0 saturated heterocycles. The molecule has 3 nitrogen and oxygen atoms in total. The van der Waals surface area contributed by atoms with Crippen molar-refractivity contribution in [1.82, 2.24) is 9.97 Å². The van der Waals surface area contributed by atoms with Crippen molar-refractivity contribution < 1.29 is 18.0 Å². The Kier molecular flexibility index (Phi) is 3.62. The number of hydrogen-bond acceptors (Lipinski definition) is 3. The Labute approximate surface area is 90.7 Å². The van der Waals surface area contributed by atoms with Gasteiger partial charge in [0, 0.05) is 18.8 Å². The third-order valence-corrected chi connectivity index (χ3v) is 1.82. The summed E-state index contributed by atoms with van der Waals surface area (Å²) in [6.07, 6.45) is -2.60. The van der Waals surface area contributed by atoms with Crippen molar-refractivity contribution in [3.8, 4) is 0 Å². The maximum absolute atomic E-state index is 12.5. The number of carbonyl (C=O) groups excluding carboxylic acids is 1. The van der Waals surface area contributed by atoms with Crippen LogP contribution in [0.2, 0.25) is 0 Å². The molecule has 1 rings (SSSR count). The largest absolute Gasteiger partial charge is 0.435 e. The second-order valence-corrected chi connectivity index (χ2v) is 3.77. The van der Waals surface area contributed by atoms with Crippen molar-refractivity contribution >= 4 is 5.78 Å². The van der Waals surface area contributed by atoms with E-state index in [0.29, 0.717) is 0 Å². The summed E-state index contributed by atoms with van der Waals surface area (Å²) in [6.45, 7) is 3.50. The minimum absolute atomic E-state index is 0.0180. The van der Waals surface area contributed by atoms with Crippen LogP contribution in [-0.2, 0) is 6.18 Å². The lowest BCUT2D eigenvalue weighted by Gasteiger charge is -2.10. The molecule has 0 N–H and O–H groups in total. The number of halogens is 3. The summed E-state index contributed by atoms with van der Waals surface area (Å²) in [5, 5.41) is 0. The van der Waals surface area contributed by atoms with E-state index in [9.17, 15) is 18.0 Å². The van der Waals surface area contributed by atoms with Gasteiger partial charge in [0.05, 0.1) is 0 Å². The Morgan fingerprint density at radius 2 is 1.88 bits per heavy atom. The third kappa shape index (κ3) is 3.01. The lowest BCUT2D eigenvalue weighted by atomic mass is 10.0. The fourth-order valence-corrected chi connectivity index (χ4v) is 1.22. The summed E-state index contributed by atoms with van der Waals surface area (Å²) in [5.74, 6) is -0.647. The maximum atomic E-state index is 12.5. The molecule has 0 aromatic carbocycles. The van der Waals surface area contributed by atoms with Gasteiger partial charge in [-0.1, -0.05) is 13.8 Å². The van der Waals surface area contributed by atoms with E-state index in [2.05, 4.69) is 9.97 Å². The molecule has 0 radical (unpaired) electrons. The van der Waals surface area contributed by atoms with Gasteiger partial charge in [-0.25, -0.2) is 9.97 Å². The highest BCUT2D eigenvalue weighted by atomic mass is 19.4. The molecule has 88 valence electrons. The predicted molar refractivity (Wildman–Crippen MR) is 50.8 cm³/mol. The van der Waals surface area contributed by atoms with Crippen LogP contribution in [0.5, 0.6) is 0 Å². The molecule has 16 heavy (non-hydrogen) atoms. The number of alkyl halides is 3. The van der Waals surface area contributed by atoms with Gasteiger partial charge in [0.2, 0.25) is 0 Å². The van der Waals surface area contributed by atoms with Crippen LogP contribution in [0, 0.1) is 5.92 Å². The molecule has 1 aromatic rings. The third-order valence-electron chi connectivity index (χ3n) is 1.82. The smallest absolute Gasteiger partial charge is 0.292 e. The molecule has 0 fully saturated rings. The molecule has 0 spiro atoms. The van der Waals surface area contributed by atoms with Crippen LogP contribution in [0.15, 0.2) is 12.4 Å². The highest BCUT2D eigenvalue weighted by Crippen LogP contribution is 2.29. The number of Topliss-reactive ketones (excluding diaryl/α,β-unsaturated/α-hetero) is 1. The topological polar surface area (TPSA) is 42.9 Å². The van der Waals surface area contributed by atoms with Crippen molar-refractivity contribution in [3.63, 3.8) is 0 Å². The van der Waals surface area contributed by atoms with Crippen molar-refractivity contribution in [2.45, 2.75) is 26.4 Å². The van der Waals surface area contributed by atoms with Crippen LogP contribution in [0.4, 0.5) is 13.2 Å². The van der Waals surface area contributed by atoms with Gasteiger partial charge in [-0.05, 0) is 5.92 Å². The fraction of sp³-hybridized carbons (Fsp3) is 0.500. The van der Waals surface area contributed by atoms with Crippen LogP contribution < -0.4 is 0 Å². The zero-order valence-corrected chi connectivity index (χ0v) is 8.88. The first-order chi connectivity index (χ1) is 7.32. The normalized spacial score (nSPS) is 11.9. The molecule has 0 bridgehead atoms. The average molecular weight is 232 g/mol. The fourth-order valence-electron chi connectivity index (χ4n) is 1.22. The standard InChI is InChI=1S/C10H11F3N2O/c1-6(2)5-7(16)8-9(10(11,12)13)15-4-3-14-8/h3-4,6H,5H2,1-2H3. The van der Waals surface area contributed by atoms with E-state index in [1.54, 1.807) is 13.8 Å². The predicted octanol–water partition coefficient (Wildman–Crippen LogP) is 2.72. The summed E-state index contributed by atoms with van der Waals surface area (Å²) >= 11 is 0. The lowest BCUT2D eigenvalue weighted by molar-refractivity contribution is -0.141. The molecule has 0 aliphatic carbocycles. The SMILES string of the molecule is CC(C)CC(=O)c1nccnc1C(F)(F)F. The minimum atomic E-state index is -4.64. The van der Waals surface area contributed by atoms with E-state index in [4.69, 9.17) is 0 Å². The summed E-state index contributed by atoms with van der Waals surface area (Å²) in [7, 11) is 0. The van der Waals surface area contributed by atoms with Crippen molar-refractivity contribution in [2.24, 2.45) is 5.92 Å². The van der Waals surface area contributed by atoms with E-state index in [1.165, 1.54) is 0 Å². The van der Waals surface area contributed by atoms with Gasteiger partial charge in [-0.3, -0.25) is 4.79 Å². The Hall–Kier alpha value is -1.46. The molecule has 0 amide bonds. The molecule has 6 heteroatoms. The van der Waals surface area contributed by atoms with Gasteiger partial charge in [-0.2, -0.15) is 13.2 Å². The molecule has 0 saturated carbocycles.